The summed E-state index contributed by atoms with van der Waals surface area (Å²) in [4.78, 5) is 24.8. The molecule has 8 nitrogen and oxygen atoms in total. The number of fused-ring (bicyclic) bond motifs is 1. The number of ether oxygens (including phenoxy) is 5. The van der Waals surface area contributed by atoms with Gasteiger partial charge in [-0.05, 0) is 59.2 Å². The summed E-state index contributed by atoms with van der Waals surface area (Å²) >= 11 is 0. The van der Waals surface area contributed by atoms with E-state index in [9.17, 15) is 9.59 Å². The van der Waals surface area contributed by atoms with Crippen LogP contribution in [0.3, 0.4) is 0 Å². The molecule has 0 spiro atoms. The number of benzene rings is 3. The van der Waals surface area contributed by atoms with Crippen molar-refractivity contribution in [3.05, 3.63) is 89.5 Å². The van der Waals surface area contributed by atoms with Crippen LogP contribution in [0.1, 0.15) is 22.7 Å². The summed E-state index contributed by atoms with van der Waals surface area (Å²) in [5.41, 5.74) is 2.44. The molecule has 0 atom stereocenters. The molecule has 1 N–H and O–H groups in total. The smallest absolute Gasteiger partial charge is 0.331 e. The van der Waals surface area contributed by atoms with Gasteiger partial charge in [-0.25, -0.2) is 4.79 Å². The van der Waals surface area contributed by atoms with E-state index in [1.807, 2.05) is 48.5 Å². The Hall–Kier alpha value is -4.46. The highest BCUT2D eigenvalue weighted by Gasteiger charge is 2.18. The average Bonchev–Trinajstić information content (AvgIpc) is 3.37. The van der Waals surface area contributed by atoms with Gasteiger partial charge in [0.25, 0.3) is 5.91 Å². The number of nitrogens with one attached hydrogen (secondary N) is 1. The molecule has 4 rings (SSSR count). The van der Waals surface area contributed by atoms with E-state index in [2.05, 4.69) is 5.32 Å². The number of hydrogen-bond acceptors (Lipinski definition) is 7. The maximum Gasteiger partial charge on any atom is 0.331 e. The van der Waals surface area contributed by atoms with Crippen LogP contribution in [0, 0.1) is 0 Å². The highest BCUT2D eigenvalue weighted by atomic mass is 16.7. The predicted octanol–water partition coefficient (Wildman–Crippen LogP) is 3.89. The molecule has 0 saturated carbocycles. The second kappa shape index (κ2) is 11.1. The normalized spacial score (nSPS) is 12.0. The van der Waals surface area contributed by atoms with E-state index in [0.29, 0.717) is 23.0 Å². The van der Waals surface area contributed by atoms with E-state index in [1.165, 1.54) is 6.08 Å². The van der Waals surface area contributed by atoms with Gasteiger partial charge in [0.2, 0.25) is 6.79 Å². The second-order valence-corrected chi connectivity index (χ2v) is 7.60. The molecule has 0 aliphatic carbocycles. The molecule has 8 heteroatoms. The Labute approximate surface area is 203 Å². The summed E-state index contributed by atoms with van der Waals surface area (Å²) in [5.74, 6) is 1.61. The van der Waals surface area contributed by atoms with Crippen molar-refractivity contribution in [1.82, 2.24) is 5.32 Å². The summed E-state index contributed by atoms with van der Waals surface area (Å²) in [7, 11) is 3.18. The SMILES string of the molecule is COc1ccc(C(NC(=O)COC(=O)/C=C/c2ccc3c(c2)OCO3)c2ccc(OC)cc2)cc1. The zero-order valence-corrected chi connectivity index (χ0v) is 19.4. The minimum atomic E-state index is -0.636. The van der Waals surface area contributed by atoms with E-state index in [4.69, 9.17) is 23.7 Å². The zero-order chi connectivity index (χ0) is 24.6. The Balaban J connectivity index is 1.39. The number of rotatable bonds is 9. The third-order valence-electron chi connectivity index (χ3n) is 5.36. The molecule has 0 bridgehead atoms. The summed E-state index contributed by atoms with van der Waals surface area (Å²) in [5, 5.41) is 2.93. The fourth-order valence-corrected chi connectivity index (χ4v) is 3.52. The molecule has 3 aromatic carbocycles. The third kappa shape index (κ3) is 6.11. The van der Waals surface area contributed by atoms with E-state index >= 15 is 0 Å². The molecule has 0 fully saturated rings. The molecule has 1 aliphatic rings. The molecular formula is C27H25NO7. The Morgan fingerprint density at radius 2 is 1.49 bits per heavy atom. The van der Waals surface area contributed by atoms with Gasteiger partial charge in [-0.3, -0.25) is 4.79 Å². The zero-order valence-electron chi connectivity index (χ0n) is 19.4. The summed E-state index contributed by atoms with van der Waals surface area (Å²) in [6, 6.07) is 19.6. The number of carbonyl (C=O) groups excluding carboxylic acids is 2. The molecule has 0 radical (unpaired) electrons. The molecule has 0 aromatic heterocycles. The number of carbonyl (C=O) groups is 2. The van der Waals surface area contributed by atoms with Crippen LogP contribution in [-0.4, -0.2) is 39.5 Å². The van der Waals surface area contributed by atoms with Crippen LogP contribution in [0.5, 0.6) is 23.0 Å². The molecule has 0 saturated heterocycles. The van der Waals surface area contributed by atoms with Gasteiger partial charge in [-0.1, -0.05) is 30.3 Å². The maximum atomic E-state index is 12.7. The monoisotopic (exact) mass is 475 g/mol. The van der Waals surface area contributed by atoms with Crippen LogP contribution >= 0.6 is 0 Å². The molecule has 3 aromatic rings. The Bertz CT molecular complexity index is 1160. The van der Waals surface area contributed by atoms with Gasteiger partial charge in [0, 0.05) is 6.08 Å². The first-order valence-corrected chi connectivity index (χ1v) is 10.9. The van der Waals surface area contributed by atoms with Crippen molar-refractivity contribution in [2.45, 2.75) is 6.04 Å². The number of methoxy groups -OCH3 is 2. The van der Waals surface area contributed by atoms with Gasteiger partial charge in [0.15, 0.2) is 18.1 Å². The van der Waals surface area contributed by atoms with Crippen molar-refractivity contribution < 1.29 is 33.3 Å². The minimum Gasteiger partial charge on any atom is -0.497 e. The van der Waals surface area contributed by atoms with Crippen LogP contribution in [-0.2, 0) is 14.3 Å². The number of esters is 1. The van der Waals surface area contributed by atoms with Crippen molar-refractivity contribution in [2.75, 3.05) is 27.6 Å². The molecule has 0 unspecified atom stereocenters. The van der Waals surface area contributed by atoms with E-state index in [0.717, 1.165) is 16.7 Å². The third-order valence-corrected chi connectivity index (χ3v) is 5.36. The molecule has 35 heavy (non-hydrogen) atoms. The first-order chi connectivity index (χ1) is 17.1. The van der Waals surface area contributed by atoms with Crippen molar-refractivity contribution in [3.63, 3.8) is 0 Å². The van der Waals surface area contributed by atoms with Crippen LogP contribution < -0.4 is 24.3 Å². The topological polar surface area (TPSA) is 92.3 Å². The van der Waals surface area contributed by atoms with Gasteiger partial charge in [0.1, 0.15) is 11.5 Å². The molecule has 1 amide bonds. The Morgan fingerprint density at radius 3 is 2.09 bits per heavy atom. The maximum absolute atomic E-state index is 12.7. The standard InChI is InChI=1S/C27H25NO7/c1-31-21-9-5-19(6-10-21)27(20-7-11-22(32-2)12-8-20)28-25(29)16-33-26(30)14-4-18-3-13-23-24(15-18)35-17-34-23/h3-15,27H,16-17H2,1-2H3,(H,28,29)/b14-4+. The predicted molar refractivity (Wildman–Crippen MR) is 129 cm³/mol. The first kappa shape index (κ1) is 23.7. The van der Waals surface area contributed by atoms with Crippen LogP contribution in [0.15, 0.2) is 72.8 Å². The van der Waals surface area contributed by atoms with Gasteiger partial charge in [-0.2, -0.15) is 0 Å². The van der Waals surface area contributed by atoms with Gasteiger partial charge < -0.3 is 29.0 Å². The quantitative estimate of drug-likeness (QED) is 0.371. The van der Waals surface area contributed by atoms with Gasteiger partial charge >= 0.3 is 5.97 Å². The van der Waals surface area contributed by atoms with Gasteiger partial charge in [-0.15, -0.1) is 0 Å². The summed E-state index contributed by atoms with van der Waals surface area (Å²) in [6.45, 7) is -0.249. The van der Waals surface area contributed by atoms with Crippen molar-refractivity contribution >= 4 is 18.0 Å². The number of amides is 1. The molecule has 1 heterocycles. The highest BCUT2D eigenvalue weighted by Crippen LogP contribution is 2.32. The first-order valence-electron chi connectivity index (χ1n) is 10.9. The molecule has 1 aliphatic heterocycles. The fourth-order valence-electron chi connectivity index (χ4n) is 3.52. The fraction of sp³-hybridized carbons (Fsp3) is 0.185. The van der Waals surface area contributed by atoms with E-state index in [-0.39, 0.29) is 6.79 Å². The largest absolute Gasteiger partial charge is 0.497 e. The Morgan fingerprint density at radius 1 is 0.886 bits per heavy atom. The molecule has 180 valence electrons. The average molecular weight is 475 g/mol. The lowest BCUT2D eigenvalue weighted by Gasteiger charge is -2.20. The number of hydrogen-bond donors (Lipinski definition) is 1. The minimum absolute atomic E-state index is 0.174. The van der Waals surface area contributed by atoms with Crippen molar-refractivity contribution in [3.8, 4) is 23.0 Å². The van der Waals surface area contributed by atoms with Crippen LogP contribution in [0.2, 0.25) is 0 Å². The lowest BCUT2D eigenvalue weighted by Crippen LogP contribution is -2.33. The second-order valence-electron chi connectivity index (χ2n) is 7.60. The summed E-state index contributed by atoms with van der Waals surface area (Å²) in [6.07, 6.45) is 2.84. The van der Waals surface area contributed by atoms with Crippen LogP contribution in [0.25, 0.3) is 6.08 Å². The van der Waals surface area contributed by atoms with E-state index < -0.39 is 24.5 Å². The molecular weight excluding hydrogens is 450 g/mol. The Kier molecular flexibility index (Phi) is 7.52. The lowest BCUT2D eigenvalue weighted by atomic mass is 9.98. The summed E-state index contributed by atoms with van der Waals surface area (Å²) < 4.78 is 26.2. The van der Waals surface area contributed by atoms with E-state index in [1.54, 1.807) is 38.5 Å². The van der Waals surface area contributed by atoms with Crippen LogP contribution in [0.4, 0.5) is 0 Å². The lowest BCUT2D eigenvalue weighted by molar-refractivity contribution is -0.143. The van der Waals surface area contributed by atoms with Crippen molar-refractivity contribution in [1.29, 1.82) is 0 Å². The van der Waals surface area contributed by atoms with Gasteiger partial charge in [0.05, 0.1) is 20.3 Å². The highest BCUT2D eigenvalue weighted by molar-refractivity contribution is 5.89. The van der Waals surface area contributed by atoms with Crippen molar-refractivity contribution in [2.24, 2.45) is 0 Å².